The number of esters is 1. The fraction of sp³-hybridized carbons (Fsp3) is 0.830. The first-order valence-electron chi connectivity index (χ1n) is 25.9. The quantitative estimate of drug-likeness (QED) is 0.0214. The number of likely N-dealkylation sites (N-methyl/N-ethyl adjacent to an activating group) is 1. The number of carbonyl (C=O) groups excluding carboxylic acids is 1. The lowest BCUT2D eigenvalue weighted by Gasteiger charge is -2.24. The molecular weight excluding hydrogens is 794 g/mol. The van der Waals surface area contributed by atoms with E-state index in [4.69, 9.17) is 18.5 Å². The van der Waals surface area contributed by atoms with E-state index in [0.29, 0.717) is 24.1 Å². The first-order valence-corrected chi connectivity index (χ1v) is 27.4. The number of rotatable bonds is 48. The van der Waals surface area contributed by atoms with Crippen LogP contribution in [0.2, 0.25) is 0 Å². The maximum atomic E-state index is 12.8. The topological polar surface area (TPSA) is 91.3 Å². The summed E-state index contributed by atoms with van der Waals surface area (Å²) in [6, 6.07) is 0. The van der Waals surface area contributed by atoms with Crippen molar-refractivity contribution < 1.29 is 37.3 Å². The number of hydrogen-bond donors (Lipinski definition) is 1. The molecule has 0 saturated carbocycles. The molecule has 0 fully saturated rings. The summed E-state index contributed by atoms with van der Waals surface area (Å²) in [5, 5.41) is 0. The van der Waals surface area contributed by atoms with E-state index in [2.05, 4.69) is 62.5 Å². The zero-order valence-electron chi connectivity index (χ0n) is 41.4. The summed E-state index contributed by atoms with van der Waals surface area (Å²) >= 11 is 0. The Hall–Kier alpha value is -1.54. The summed E-state index contributed by atoms with van der Waals surface area (Å²) in [4.78, 5) is 23.0. The minimum Gasteiger partial charge on any atom is -0.457 e. The van der Waals surface area contributed by atoms with Gasteiger partial charge in [0.15, 0.2) is 0 Å². The van der Waals surface area contributed by atoms with Gasteiger partial charge in [-0.1, -0.05) is 217 Å². The molecule has 2 unspecified atom stereocenters. The van der Waals surface area contributed by atoms with Crippen LogP contribution in [0.1, 0.15) is 226 Å². The van der Waals surface area contributed by atoms with Crippen molar-refractivity contribution in [2.24, 2.45) is 0 Å². The maximum absolute atomic E-state index is 12.8. The van der Waals surface area contributed by atoms with Crippen LogP contribution >= 0.6 is 7.82 Å². The SMILES string of the molecule is CC/C=C\C/C=C\C/C=C\C/C=C\CCCCCCCOCC(COP(=O)(O)OCC[N+](C)(C)C)OC(=O)CCCCCCCCCCCCCCCCCCCCCCCC. The predicted molar refractivity (Wildman–Crippen MR) is 266 cm³/mol. The van der Waals surface area contributed by atoms with Gasteiger partial charge in [-0.05, 0) is 51.4 Å². The number of nitrogens with zero attached hydrogens (tertiary/aromatic N) is 1. The van der Waals surface area contributed by atoms with Crippen LogP contribution in [0.3, 0.4) is 0 Å². The first kappa shape index (κ1) is 60.5. The summed E-state index contributed by atoms with van der Waals surface area (Å²) in [6.45, 7) is 5.50. The Morgan fingerprint density at radius 2 is 0.935 bits per heavy atom. The van der Waals surface area contributed by atoms with Gasteiger partial charge in [0.25, 0.3) is 0 Å². The third-order valence-electron chi connectivity index (χ3n) is 11.2. The zero-order valence-corrected chi connectivity index (χ0v) is 42.3. The Kier molecular flexibility index (Phi) is 44.9. The Bertz CT molecular complexity index is 1130. The second-order valence-electron chi connectivity index (χ2n) is 18.5. The average Bonchev–Trinajstić information content (AvgIpc) is 3.23. The molecule has 364 valence electrons. The van der Waals surface area contributed by atoms with Crippen molar-refractivity contribution in [1.82, 2.24) is 0 Å². The summed E-state index contributed by atoms with van der Waals surface area (Å²) in [6.07, 6.45) is 57.3. The fourth-order valence-corrected chi connectivity index (χ4v) is 7.93. The maximum Gasteiger partial charge on any atom is 0.472 e. The Morgan fingerprint density at radius 3 is 1.40 bits per heavy atom. The molecule has 0 aromatic heterocycles. The number of unbranched alkanes of at least 4 members (excludes halogenated alkanes) is 26. The average molecular weight is 895 g/mol. The normalized spacial score (nSPS) is 14.0. The van der Waals surface area contributed by atoms with Crippen molar-refractivity contribution in [3.05, 3.63) is 48.6 Å². The standard InChI is InChI=1S/C53H100NO7P/c1-6-8-10-12-14-16-18-20-22-24-26-27-28-29-30-32-34-36-38-40-42-44-46-53(55)61-52(51-60-62(56,57)59-49-47-54(3,4)5)50-58-48-45-43-41-39-37-35-33-31-25-23-21-19-17-15-13-11-9-7-2/h9,11,15,17,21,23,31,33,52H,6-8,10,12-14,16,18-20,22,24-30,32,34-51H2,1-5H3/p+1/b11-9-,17-15-,23-21-,33-31-. The van der Waals surface area contributed by atoms with Gasteiger partial charge in [-0.2, -0.15) is 0 Å². The molecule has 0 aliphatic carbocycles. The number of ether oxygens (including phenoxy) is 2. The summed E-state index contributed by atoms with van der Waals surface area (Å²) in [7, 11) is 1.66. The van der Waals surface area contributed by atoms with Gasteiger partial charge >= 0.3 is 13.8 Å². The largest absolute Gasteiger partial charge is 0.472 e. The van der Waals surface area contributed by atoms with E-state index < -0.39 is 13.9 Å². The molecule has 0 amide bonds. The van der Waals surface area contributed by atoms with E-state index in [0.717, 1.165) is 70.6 Å². The van der Waals surface area contributed by atoms with Crippen LogP contribution in [-0.4, -0.2) is 75.6 Å². The van der Waals surface area contributed by atoms with Crippen molar-refractivity contribution in [1.29, 1.82) is 0 Å². The molecule has 1 N–H and O–H groups in total. The van der Waals surface area contributed by atoms with Crippen LogP contribution < -0.4 is 0 Å². The minimum atomic E-state index is -4.29. The molecule has 0 radical (unpaired) electrons. The Labute approximate surface area is 384 Å². The molecular formula is C53H101NO7P+. The first-order chi connectivity index (χ1) is 30.1. The van der Waals surface area contributed by atoms with Gasteiger partial charge in [-0.25, -0.2) is 4.57 Å². The van der Waals surface area contributed by atoms with E-state index in [1.54, 1.807) is 0 Å². The minimum absolute atomic E-state index is 0.0845. The van der Waals surface area contributed by atoms with Crippen molar-refractivity contribution >= 4 is 13.8 Å². The highest BCUT2D eigenvalue weighted by Gasteiger charge is 2.26. The van der Waals surface area contributed by atoms with Gasteiger partial charge in [-0.15, -0.1) is 0 Å². The van der Waals surface area contributed by atoms with E-state index in [1.807, 2.05) is 21.1 Å². The number of phosphoric acid groups is 1. The second-order valence-corrected chi connectivity index (χ2v) is 20.0. The van der Waals surface area contributed by atoms with Gasteiger partial charge < -0.3 is 18.9 Å². The highest BCUT2D eigenvalue weighted by molar-refractivity contribution is 7.47. The molecule has 0 spiro atoms. The molecule has 0 heterocycles. The molecule has 0 bridgehead atoms. The van der Waals surface area contributed by atoms with Crippen LogP contribution in [0.4, 0.5) is 0 Å². The molecule has 8 nitrogen and oxygen atoms in total. The molecule has 0 aliphatic rings. The highest BCUT2D eigenvalue weighted by Crippen LogP contribution is 2.43. The smallest absolute Gasteiger partial charge is 0.457 e. The van der Waals surface area contributed by atoms with Gasteiger partial charge in [0.2, 0.25) is 0 Å². The summed E-state index contributed by atoms with van der Waals surface area (Å²) in [5.41, 5.74) is 0. The molecule has 0 rings (SSSR count). The van der Waals surface area contributed by atoms with E-state index in [1.165, 1.54) is 135 Å². The number of quaternary nitrogens is 1. The molecule has 9 heteroatoms. The van der Waals surface area contributed by atoms with Crippen molar-refractivity contribution in [3.63, 3.8) is 0 Å². The number of hydrogen-bond acceptors (Lipinski definition) is 6. The Balaban J connectivity index is 4.14. The fourth-order valence-electron chi connectivity index (χ4n) is 7.19. The number of allylic oxidation sites excluding steroid dienone is 8. The highest BCUT2D eigenvalue weighted by atomic mass is 31.2. The molecule has 62 heavy (non-hydrogen) atoms. The van der Waals surface area contributed by atoms with Gasteiger partial charge in [0.1, 0.15) is 19.3 Å². The third kappa shape index (κ3) is 49.5. The van der Waals surface area contributed by atoms with Crippen molar-refractivity contribution in [3.8, 4) is 0 Å². The van der Waals surface area contributed by atoms with Crippen molar-refractivity contribution in [2.75, 3.05) is 54.1 Å². The molecule has 2 atom stereocenters. The van der Waals surface area contributed by atoms with Crippen LogP contribution in [0.5, 0.6) is 0 Å². The number of carbonyl (C=O) groups is 1. The van der Waals surface area contributed by atoms with Crippen LogP contribution in [0, 0.1) is 0 Å². The summed E-state index contributed by atoms with van der Waals surface area (Å²) < 4.78 is 35.1. The third-order valence-corrected chi connectivity index (χ3v) is 12.1. The van der Waals surface area contributed by atoms with Gasteiger partial charge in [-0.3, -0.25) is 13.8 Å². The lowest BCUT2D eigenvalue weighted by atomic mass is 10.0. The Morgan fingerprint density at radius 1 is 0.516 bits per heavy atom. The van der Waals surface area contributed by atoms with Crippen LogP contribution in [-0.2, 0) is 27.9 Å². The predicted octanol–water partition coefficient (Wildman–Crippen LogP) is 15.9. The monoisotopic (exact) mass is 895 g/mol. The molecule has 0 aliphatic heterocycles. The molecule has 0 aromatic rings. The lowest BCUT2D eigenvalue weighted by Crippen LogP contribution is -2.37. The van der Waals surface area contributed by atoms with Crippen LogP contribution in [0.15, 0.2) is 48.6 Å². The van der Waals surface area contributed by atoms with Crippen molar-refractivity contribution in [2.45, 2.75) is 232 Å². The zero-order chi connectivity index (χ0) is 45.5. The lowest BCUT2D eigenvalue weighted by molar-refractivity contribution is -0.870. The van der Waals surface area contributed by atoms with Gasteiger partial charge in [0, 0.05) is 13.0 Å². The van der Waals surface area contributed by atoms with Gasteiger partial charge in [0.05, 0.1) is 34.4 Å². The summed E-state index contributed by atoms with van der Waals surface area (Å²) in [5.74, 6) is -0.317. The van der Waals surface area contributed by atoms with Crippen LogP contribution in [0.25, 0.3) is 0 Å². The molecule has 0 aromatic carbocycles. The second kappa shape index (κ2) is 46.0. The van der Waals surface area contributed by atoms with E-state index in [-0.39, 0.29) is 25.8 Å². The number of phosphoric ester groups is 1. The van der Waals surface area contributed by atoms with E-state index in [9.17, 15) is 14.3 Å². The van der Waals surface area contributed by atoms with E-state index >= 15 is 0 Å². The molecule has 0 saturated heterocycles.